The minimum Gasteiger partial charge on any atom is -0.345 e. The van der Waals surface area contributed by atoms with Gasteiger partial charge in [-0.1, -0.05) is 17.3 Å². The third-order valence-corrected chi connectivity index (χ3v) is 2.33. The van der Waals surface area contributed by atoms with Crippen molar-refractivity contribution in [1.29, 1.82) is 0 Å². The minimum atomic E-state index is 0.843. The Bertz CT molecular complexity index is 607. The highest BCUT2D eigenvalue weighted by atomic mass is 15.4. The van der Waals surface area contributed by atoms with Crippen LogP contribution in [0.25, 0.3) is 22.3 Å². The molecule has 3 rings (SSSR count). The maximum atomic E-state index is 4.27. The summed E-state index contributed by atoms with van der Waals surface area (Å²) in [4.78, 5) is 7.34. The molecule has 15 heavy (non-hydrogen) atoms. The summed E-state index contributed by atoms with van der Waals surface area (Å²) >= 11 is 0. The van der Waals surface area contributed by atoms with Gasteiger partial charge in [0.2, 0.25) is 0 Å². The summed E-state index contributed by atoms with van der Waals surface area (Å²) in [5.74, 6) is 0. The molecule has 0 atom stereocenters. The molecule has 1 aromatic carbocycles. The fourth-order valence-electron chi connectivity index (χ4n) is 1.64. The van der Waals surface area contributed by atoms with Gasteiger partial charge in [-0.25, -0.2) is 4.98 Å². The topological polar surface area (TPSA) is 59.4 Å². The van der Waals surface area contributed by atoms with Gasteiger partial charge >= 0.3 is 0 Å². The molecule has 0 aliphatic heterocycles. The van der Waals surface area contributed by atoms with Gasteiger partial charge in [-0.2, -0.15) is 0 Å². The average molecular weight is 199 g/mol. The Labute approximate surface area is 85.8 Å². The van der Waals surface area contributed by atoms with E-state index in [1.807, 2.05) is 31.4 Å². The fourth-order valence-corrected chi connectivity index (χ4v) is 1.64. The number of nitrogens with zero attached hydrogens (tertiary/aromatic N) is 4. The Kier molecular flexibility index (Phi) is 1.58. The molecule has 0 radical (unpaired) electrons. The molecule has 5 nitrogen and oxygen atoms in total. The van der Waals surface area contributed by atoms with Gasteiger partial charge in [-0.05, 0) is 6.07 Å². The quantitative estimate of drug-likeness (QED) is 0.643. The Morgan fingerprint density at radius 3 is 3.07 bits per heavy atom. The van der Waals surface area contributed by atoms with Crippen LogP contribution < -0.4 is 0 Å². The maximum Gasteiger partial charge on any atom is 0.115 e. The molecule has 5 heteroatoms. The summed E-state index contributed by atoms with van der Waals surface area (Å²) in [5, 5.41) is 7.99. The Balaban J connectivity index is 2.30. The highest BCUT2D eigenvalue weighted by Gasteiger charge is 2.08. The van der Waals surface area contributed by atoms with E-state index in [2.05, 4.69) is 20.3 Å². The number of rotatable bonds is 1. The van der Waals surface area contributed by atoms with E-state index < -0.39 is 0 Å². The summed E-state index contributed by atoms with van der Waals surface area (Å²) in [6, 6.07) is 5.96. The first-order chi connectivity index (χ1) is 7.34. The lowest BCUT2D eigenvalue weighted by molar-refractivity contribution is 0.715. The number of aromatic nitrogens is 5. The van der Waals surface area contributed by atoms with Gasteiger partial charge in [0, 0.05) is 12.6 Å². The smallest absolute Gasteiger partial charge is 0.115 e. The van der Waals surface area contributed by atoms with Crippen LogP contribution >= 0.6 is 0 Å². The Morgan fingerprint density at radius 1 is 1.33 bits per heavy atom. The summed E-state index contributed by atoms with van der Waals surface area (Å²) in [6.45, 7) is 0. The highest BCUT2D eigenvalue weighted by molar-refractivity contribution is 5.90. The first-order valence-corrected chi connectivity index (χ1v) is 4.63. The molecule has 0 unspecified atom stereocenters. The second-order valence-corrected chi connectivity index (χ2v) is 3.38. The summed E-state index contributed by atoms with van der Waals surface area (Å²) in [5.41, 5.74) is 3.79. The molecular formula is C10H9N5. The van der Waals surface area contributed by atoms with Gasteiger partial charge in [-0.3, -0.25) is 4.68 Å². The van der Waals surface area contributed by atoms with Crippen LogP contribution in [0.5, 0.6) is 0 Å². The van der Waals surface area contributed by atoms with Crippen molar-refractivity contribution in [3.63, 3.8) is 0 Å². The summed E-state index contributed by atoms with van der Waals surface area (Å²) in [6.07, 6.45) is 3.56. The lowest BCUT2D eigenvalue weighted by atomic mass is 10.1. The molecule has 0 fully saturated rings. The van der Waals surface area contributed by atoms with E-state index in [-0.39, 0.29) is 0 Å². The molecule has 0 saturated carbocycles. The van der Waals surface area contributed by atoms with Gasteiger partial charge < -0.3 is 4.98 Å². The number of H-pyrrole nitrogens is 1. The molecule has 0 aliphatic rings. The molecular weight excluding hydrogens is 190 g/mol. The first kappa shape index (κ1) is 8.16. The van der Waals surface area contributed by atoms with E-state index in [0.717, 1.165) is 22.3 Å². The van der Waals surface area contributed by atoms with Gasteiger partial charge in [-0.15, -0.1) is 5.10 Å². The molecule has 0 amide bonds. The van der Waals surface area contributed by atoms with Crippen LogP contribution in [-0.4, -0.2) is 25.0 Å². The van der Waals surface area contributed by atoms with Crippen molar-refractivity contribution in [2.24, 2.45) is 7.05 Å². The van der Waals surface area contributed by atoms with E-state index in [1.54, 1.807) is 11.0 Å². The van der Waals surface area contributed by atoms with Crippen LogP contribution in [0.1, 0.15) is 0 Å². The van der Waals surface area contributed by atoms with E-state index in [0.29, 0.717) is 0 Å². The number of aryl methyl sites for hydroxylation is 1. The highest BCUT2D eigenvalue weighted by Crippen LogP contribution is 2.23. The van der Waals surface area contributed by atoms with Crippen molar-refractivity contribution < 1.29 is 0 Å². The van der Waals surface area contributed by atoms with Crippen LogP contribution in [0.4, 0.5) is 0 Å². The number of hydrogen-bond acceptors (Lipinski definition) is 3. The fraction of sp³-hybridized carbons (Fsp3) is 0.100. The van der Waals surface area contributed by atoms with Crippen molar-refractivity contribution in [2.75, 3.05) is 0 Å². The number of hydrogen-bond donors (Lipinski definition) is 1. The number of fused-ring (bicyclic) bond motifs is 1. The van der Waals surface area contributed by atoms with Crippen molar-refractivity contribution in [3.8, 4) is 11.3 Å². The maximum absolute atomic E-state index is 4.27. The predicted molar refractivity (Wildman–Crippen MR) is 56.1 cm³/mol. The predicted octanol–water partition coefficient (Wildman–Crippen LogP) is 1.36. The molecule has 2 aromatic heterocycles. The van der Waals surface area contributed by atoms with Crippen molar-refractivity contribution >= 4 is 11.0 Å². The van der Waals surface area contributed by atoms with Gasteiger partial charge in [0.1, 0.15) is 5.69 Å². The second kappa shape index (κ2) is 2.91. The summed E-state index contributed by atoms with van der Waals surface area (Å²) in [7, 11) is 1.85. The first-order valence-electron chi connectivity index (χ1n) is 4.63. The number of nitrogens with one attached hydrogen (secondary N) is 1. The van der Waals surface area contributed by atoms with Crippen molar-refractivity contribution in [3.05, 3.63) is 30.7 Å². The molecule has 74 valence electrons. The summed E-state index contributed by atoms with van der Waals surface area (Å²) < 4.78 is 1.68. The Hall–Kier alpha value is -2.17. The van der Waals surface area contributed by atoms with E-state index in [1.165, 1.54) is 0 Å². The van der Waals surface area contributed by atoms with E-state index in [4.69, 9.17) is 0 Å². The average Bonchev–Trinajstić information content (AvgIpc) is 2.84. The third kappa shape index (κ3) is 1.20. The van der Waals surface area contributed by atoms with Crippen molar-refractivity contribution in [1.82, 2.24) is 25.0 Å². The molecule has 0 bridgehead atoms. The SMILES string of the molecule is Cn1cc(-c2cccc3[nH]cnc23)nn1. The Morgan fingerprint density at radius 2 is 2.27 bits per heavy atom. The number of aromatic amines is 1. The van der Waals surface area contributed by atoms with E-state index >= 15 is 0 Å². The van der Waals surface area contributed by atoms with Crippen LogP contribution in [0.2, 0.25) is 0 Å². The standard InChI is InChI=1S/C10H9N5/c1-15-5-9(13-14-15)7-3-2-4-8-10(7)12-6-11-8/h2-6H,1H3,(H,11,12). The minimum absolute atomic E-state index is 0.843. The van der Waals surface area contributed by atoms with E-state index in [9.17, 15) is 0 Å². The largest absolute Gasteiger partial charge is 0.345 e. The lowest BCUT2D eigenvalue weighted by Crippen LogP contribution is -1.85. The lowest BCUT2D eigenvalue weighted by Gasteiger charge is -1.95. The molecule has 0 spiro atoms. The van der Waals surface area contributed by atoms with Gasteiger partial charge in [0.25, 0.3) is 0 Å². The second-order valence-electron chi connectivity index (χ2n) is 3.38. The van der Waals surface area contributed by atoms with Crippen LogP contribution in [-0.2, 0) is 7.05 Å². The van der Waals surface area contributed by atoms with Crippen molar-refractivity contribution in [2.45, 2.75) is 0 Å². The molecule has 3 aromatic rings. The van der Waals surface area contributed by atoms with Crippen LogP contribution in [0.15, 0.2) is 30.7 Å². The third-order valence-electron chi connectivity index (χ3n) is 2.33. The van der Waals surface area contributed by atoms with Crippen LogP contribution in [0.3, 0.4) is 0 Å². The zero-order chi connectivity index (χ0) is 10.3. The molecule has 1 N–H and O–H groups in total. The molecule has 0 aliphatic carbocycles. The van der Waals surface area contributed by atoms with Gasteiger partial charge in [0.05, 0.1) is 23.6 Å². The molecule has 0 saturated heterocycles. The zero-order valence-electron chi connectivity index (χ0n) is 8.18. The van der Waals surface area contributed by atoms with Crippen LogP contribution in [0, 0.1) is 0 Å². The monoisotopic (exact) mass is 199 g/mol. The number of imidazole rings is 1. The number of benzene rings is 1. The number of para-hydroxylation sites is 1. The van der Waals surface area contributed by atoms with Gasteiger partial charge in [0.15, 0.2) is 0 Å². The molecule has 2 heterocycles. The zero-order valence-corrected chi connectivity index (χ0v) is 8.18. The normalized spacial score (nSPS) is 11.0.